The van der Waals surface area contributed by atoms with E-state index in [4.69, 9.17) is 11.6 Å². The molecule has 1 heterocycles. The molecule has 0 fully saturated rings. The molecular weight excluding hydrogens is 262 g/mol. The van der Waals surface area contributed by atoms with Gasteiger partial charge in [-0.3, -0.25) is 0 Å². The van der Waals surface area contributed by atoms with Crippen LogP contribution in [0.2, 0.25) is 5.02 Å². The lowest BCUT2D eigenvalue weighted by atomic mass is 10.0. The zero-order chi connectivity index (χ0) is 13.7. The van der Waals surface area contributed by atoms with Crippen molar-refractivity contribution < 1.29 is 0 Å². The van der Waals surface area contributed by atoms with Crippen LogP contribution in [0.3, 0.4) is 0 Å². The molecule has 19 heavy (non-hydrogen) atoms. The first kappa shape index (κ1) is 14.0. The quantitative estimate of drug-likeness (QED) is 0.853. The average Bonchev–Trinajstić information content (AvgIpc) is 2.93. The van der Waals surface area contributed by atoms with Crippen LogP contribution >= 0.6 is 11.6 Å². The highest BCUT2D eigenvalue weighted by Crippen LogP contribution is 2.23. The summed E-state index contributed by atoms with van der Waals surface area (Å²) < 4.78 is 0. The molecule has 0 bridgehead atoms. The summed E-state index contributed by atoms with van der Waals surface area (Å²) in [4.78, 5) is 0. The van der Waals surface area contributed by atoms with Crippen LogP contribution in [0.25, 0.3) is 0 Å². The Morgan fingerprint density at radius 3 is 2.63 bits per heavy atom. The van der Waals surface area contributed by atoms with Gasteiger partial charge in [0.2, 0.25) is 0 Å². The number of H-pyrrole nitrogens is 1. The van der Waals surface area contributed by atoms with Crippen LogP contribution in [0.1, 0.15) is 50.2 Å². The molecule has 0 aliphatic rings. The molecule has 0 radical (unpaired) electrons. The van der Waals surface area contributed by atoms with Gasteiger partial charge < -0.3 is 5.32 Å². The van der Waals surface area contributed by atoms with Gasteiger partial charge in [0.1, 0.15) is 0 Å². The number of halogens is 1. The van der Waals surface area contributed by atoms with Gasteiger partial charge in [-0.2, -0.15) is 5.21 Å². The molecule has 2 aromatic rings. The number of rotatable bonds is 6. The van der Waals surface area contributed by atoms with E-state index in [2.05, 4.69) is 45.0 Å². The minimum absolute atomic E-state index is 0.0472. The average molecular weight is 280 g/mol. The van der Waals surface area contributed by atoms with Crippen molar-refractivity contribution in [3.63, 3.8) is 0 Å². The molecule has 5 nitrogen and oxygen atoms in total. The Labute approximate surface area is 117 Å². The van der Waals surface area contributed by atoms with Crippen LogP contribution in [0, 0.1) is 0 Å². The Bertz CT molecular complexity index is 482. The molecule has 102 valence electrons. The minimum atomic E-state index is 0.0472. The van der Waals surface area contributed by atoms with Crippen molar-refractivity contribution in [1.29, 1.82) is 0 Å². The van der Waals surface area contributed by atoms with Crippen molar-refractivity contribution in [3.05, 3.63) is 40.7 Å². The van der Waals surface area contributed by atoms with E-state index >= 15 is 0 Å². The number of aromatic nitrogens is 4. The van der Waals surface area contributed by atoms with E-state index in [1.807, 2.05) is 19.1 Å². The second kappa shape index (κ2) is 6.63. The molecule has 0 saturated heterocycles. The van der Waals surface area contributed by atoms with Crippen LogP contribution in [0.4, 0.5) is 0 Å². The summed E-state index contributed by atoms with van der Waals surface area (Å²) in [5.41, 5.74) is 1.22. The van der Waals surface area contributed by atoms with Gasteiger partial charge in [-0.05, 0) is 31.0 Å². The first-order chi connectivity index (χ1) is 9.20. The number of tetrazole rings is 1. The van der Waals surface area contributed by atoms with Crippen molar-refractivity contribution >= 4 is 11.6 Å². The maximum atomic E-state index is 5.93. The third-order valence-corrected chi connectivity index (χ3v) is 3.30. The Morgan fingerprint density at radius 2 is 2.05 bits per heavy atom. The van der Waals surface area contributed by atoms with Gasteiger partial charge in [-0.1, -0.05) is 42.3 Å². The molecule has 2 unspecified atom stereocenters. The van der Waals surface area contributed by atoms with E-state index in [1.165, 1.54) is 5.56 Å². The van der Waals surface area contributed by atoms with Crippen LogP contribution in [0.5, 0.6) is 0 Å². The minimum Gasteiger partial charge on any atom is -0.300 e. The van der Waals surface area contributed by atoms with Crippen molar-refractivity contribution in [3.8, 4) is 0 Å². The molecule has 2 atom stereocenters. The van der Waals surface area contributed by atoms with E-state index in [0.717, 1.165) is 17.9 Å². The Kier molecular flexibility index (Phi) is 4.87. The molecule has 0 saturated carbocycles. The Hall–Kier alpha value is -1.46. The predicted molar refractivity (Wildman–Crippen MR) is 74.8 cm³/mol. The van der Waals surface area contributed by atoms with Crippen molar-refractivity contribution in [2.24, 2.45) is 0 Å². The summed E-state index contributed by atoms with van der Waals surface area (Å²) >= 11 is 5.93. The van der Waals surface area contributed by atoms with Crippen molar-refractivity contribution in [2.45, 2.75) is 38.8 Å². The normalized spacial score (nSPS) is 14.3. The number of nitrogens with one attached hydrogen (secondary N) is 2. The van der Waals surface area contributed by atoms with Crippen LogP contribution < -0.4 is 5.32 Å². The first-order valence-corrected chi connectivity index (χ1v) is 6.83. The van der Waals surface area contributed by atoms with E-state index < -0.39 is 0 Å². The van der Waals surface area contributed by atoms with Crippen LogP contribution in [-0.2, 0) is 0 Å². The topological polar surface area (TPSA) is 66.5 Å². The predicted octanol–water partition coefficient (Wildman–Crippen LogP) is 3.05. The molecule has 0 aliphatic carbocycles. The smallest absolute Gasteiger partial charge is 0.191 e. The molecule has 2 rings (SSSR count). The fourth-order valence-electron chi connectivity index (χ4n) is 2.06. The van der Waals surface area contributed by atoms with Gasteiger partial charge >= 0.3 is 0 Å². The number of hydrogen-bond acceptors (Lipinski definition) is 4. The summed E-state index contributed by atoms with van der Waals surface area (Å²) in [5.74, 6) is 0.676. The highest BCUT2D eigenvalue weighted by atomic mass is 35.5. The molecule has 2 N–H and O–H groups in total. The summed E-state index contributed by atoms with van der Waals surface area (Å²) in [7, 11) is 0. The van der Waals surface area contributed by atoms with Crippen LogP contribution in [-0.4, -0.2) is 20.6 Å². The Balaban J connectivity index is 2.09. The molecular formula is C13H18ClN5. The number of benzene rings is 1. The monoisotopic (exact) mass is 279 g/mol. The molecule has 0 amide bonds. The van der Waals surface area contributed by atoms with Gasteiger partial charge in [0.15, 0.2) is 5.82 Å². The van der Waals surface area contributed by atoms with E-state index in [1.54, 1.807) is 0 Å². The van der Waals surface area contributed by atoms with E-state index in [0.29, 0.717) is 5.82 Å². The molecule has 6 heteroatoms. The lowest BCUT2D eigenvalue weighted by Crippen LogP contribution is -2.25. The maximum absolute atomic E-state index is 5.93. The maximum Gasteiger partial charge on any atom is 0.191 e. The molecule has 1 aromatic carbocycles. The number of hydrogen-bond donors (Lipinski definition) is 2. The largest absolute Gasteiger partial charge is 0.300 e. The van der Waals surface area contributed by atoms with Crippen molar-refractivity contribution in [1.82, 2.24) is 25.9 Å². The summed E-state index contributed by atoms with van der Waals surface area (Å²) in [6, 6.07) is 8.25. The van der Waals surface area contributed by atoms with E-state index in [-0.39, 0.29) is 12.1 Å². The second-order valence-electron chi connectivity index (χ2n) is 4.55. The first-order valence-electron chi connectivity index (χ1n) is 6.45. The lowest BCUT2D eigenvalue weighted by Gasteiger charge is -2.21. The summed E-state index contributed by atoms with van der Waals surface area (Å²) in [6.07, 6.45) is 2.14. The van der Waals surface area contributed by atoms with E-state index in [9.17, 15) is 0 Å². The summed E-state index contributed by atoms with van der Waals surface area (Å²) in [6.45, 7) is 4.20. The molecule has 1 aromatic heterocycles. The highest BCUT2D eigenvalue weighted by molar-refractivity contribution is 6.30. The zero-order valence-corrected chi connectivity index (χ0v) is 11.9. The second-order valence-corrected chi connectivity index (χ2v) is 4.99. The Morgan fingerprint density at radius 1 is 1.32 bits per heavy atom. The van der Waals surface area contributed by atoms with Gasteiger partial charge in [-0.15, -0.1) is 10.2 Å². The fraction of sp³-hybridized carbons (Fsp3) is 0.462. The third-order valence-electron chi connectivity index (χ3n) is 3.05. The third kappa shape index (κ3) is 3.75. The SMILES string of the molecule is CCCC(NC(C)c1nn[nH]n1)c1ccc(Cl)cc1. The van der Waals surface area contributed by atoms with Crippen LogP contribution in [0.15, 0.2) is 24.3 Å². The van der Waals surface area contributed by atoms with Gasteiger partial charge in [0, 0.05) is 11.1 Å². The number of aromatic amines is 1. The highest BCUT2D eigenvalue weighted by Gasteiger charge is 2.17. The molecule has 0 spiro atoms. The number of nitrogens with zero attached hydrogens (tertiary/aromatic N) is 3. The fourth-order valence-corrected chi connectivity index (χ4v) is 2.19. The zero-order valence-electron chi connectivity index (χ0n) is 11.1. The lowest BCUT2D eigenvalue weighted by molar-refractivity contribution is 0.427. The van der Waals surface area contributed by atoms with Gasteiger partial charge in [0.25, 0.3) is 0 Å². The van der Waals surface area contributed by atoms with Crippen molar-refractivity contribution in [2.75, 3.05) is 0 Å². The van der Waals surface area contributed by atoms with Gasteiger partial charge in [0.05, 0.1) is 6.04 Å². The van der Waals surface area contributed by atoms with Gasteiger partial charge in [-0.25, -0.2) is 0 Å². The molecule has 0 aliphatic heterocycles. The standard InChI is InChI=1S/C13H18ClN5/c1-3-4-12(10-5-7-11(14)8-6-10)15-9(2)13-16-18-19-17-13/h5-9,12,15H,3-4H2,1-2H3,(H,16,17,18,19). The summed E-state index contributed by atoms with van der Waals surface area (Å²) in [5, 5.41) is 18.4.